The van der Waals surface area contributed by atoms with Crippen molar-refractivity contribution in [2.75, 3.05) is 18.9 Å². The number of carbonyl (C=O) groups excluding carboxylic acids is 2. The number of carbonyl (C=O) groups is 2. The molecular weight excluding hydrogens is 434 g/mol. The Morgan fingerprint density at radius 1 is 1.19 bits per heavy atom. The van der Waals surface area contributed by atoms with Crippen LogP contribution in [0.2, 0.25) is 0 Å². The first-order valence-corrected chi connectivity index (χ1v) is 11.8. The molecule has 2 aromatic heterocycles. The molecule has 0 unspecified atom stereocenters. The maximum atomic E-state index is 12.9. The minimum atomic E-state index is -0.481. The van der Waals surface area contributed by atoms with Gasteiger partial charge in [-0.25, -0.2) is 14.8 Å². The van der Waals surface area contributed by atoms with Crippen molar-refractivity contribution in [2.45, 2.75) is 64.4 Å². The zero-order valence-corrected chi connectivity index (χ0v) is 20.1. The average Bonchev–Trinajstić information content (AvgIpc) is 2.76. The number of aromatic nitrogens is 4. The van der Waals surface area contributed by atoms with Gasteiger partial charge in [0.1, 0.15) is 16.2 Å². The van der Waals surface area contributed by atoms with Crippen LogP contribution in [0.4, 0.5) is 0 Å². The standard InChI is InChI=1S/C21H31N5O5S/c1-6-11-26-18-16(20(29)25(5)21(26)30)19(24-17(23-18)13(3)4)32-12-14(27)22-10-8-9-15(28)31-7-2/h13H,6-12H2,1-5H3,(H,22,27). The lowest BCUT2D eigenvalue weighted by molar-refractivity contribution is -0.143. The molecule has 11 heteroatoms. The molecule has 0 bridgehead atoms. The first kappa shape index (κ1) is 25.6. The Morgan fingerprint density at radius 2 is 1.91 bits per heavy atom. The third-order valence-corrected chi connectivity index (χ3v) is 5.63. The largest absolute Gasteiger partial charge is 0.466 e. The summed E-state index contributed by atoms with van der Waals surface area (Å²) in [5.41, 5.74) is -0.603. The number of fused-ring (bicyclic) bond motifs is 1. The molecule has 176 valence electrons. The number of amides is 1. The Balaban J connectivity index is 2.27. The van der Waals surface area contributed by atoms with E-state index >= 15 is 0 Å². The number of nitrogens with zero attached hydrogens (tertiary/aromatic N) is 4. The van der Waals surface area contributed by atoms with Crippen molar-refractivity contribution in [3.8, 4) is 0 Å². The van der Waals surface area contributed by atoms with Gasteiger partial charge < -0.3 is 10.1 Å². The predicted molar refractivity (Wildman–Crippen MR) is 123 cm³/mol. The van der Waals surface area contributed by atoms with Crippen LogP contribution in [0.1, 0.15) is 58.7 Å². The normalized spacial score (nSPS) is 11.2. The van der Waals surface area contributed by atoms with Gasteiger partial charge >= 0.3 is 11.7 Å². The summed E-state index contributed by atoms with van der Waals surface area (Å²) in [5, 5.41) is 3.37. The minimum Gasteiger partial charge on any atom is -0.466 e. The quantitative estimate of drug-likeness (QED) is 0.229. The van der Waals surface area contributed by atoms with Gasteiger partial charge in [-0.2, -0.15) is 0 Å². The molecule has 2 aromatic rings. The second kappa shape index (κ2) is 11.8. The van der Waals surface area contributed by atoms with E-state index < -0.39 is 11.2 Å². The van der Waals surface area contributed by atoms with E-state index in [-0.39, 0.29) is 35.4 Å². The molecular formula is C21H31N5O5S. The van der Waals surface area contributed by atoms with E-state index in [1.54, 1.807) is 6.92 Å². The van der Waals surface area contributed by atoms with E-state index in [0.717, 1.165) is 16.3 Å². The van der Waals surface area contributed by atoms with E-state index in [9.17, 15) is 19.2 Å². The third-order valence-electron chi connectivity index (χ3n) is 4.65. The van der Waals surface area contributed by atoms with Crippen LogP contribution in [0, 0.1) is 0 Å². The first-order chi connectivity index (χ1) is 15.2. The maximum absolute atomic E-state index is 12.9. The number of nitrogens with one attached hydrogen (secondary N) is 1. The van der Waals surface area contributed by atoms with Crippen molar-refractivity contribution >= 4 is 34.7 Å². The van der Waals surface area contributed by atoms with Gasteiger partial charge in [-0.1, -0.05) is 32.5 Å². The van der Waals surface area contributed by atoms with E-state index in [1.807, 2.05) is 20.8 Å². The zero-order chi connectivity index (χ0) is 23.8. The Morgan fingerprint density at radius 3 is 2.53 bits per heavy atom. The number of aryl methyl sites for hydroxylation is 1. The van der Waals surface area contributed by atoms with Gasteiger partial charge in [0.15, 0.2) is 5.65 Å². The fourth-order valence-electron chi connectivity index (χ4n) is 3.02. The van der Waals surface area contributed by atoms with E-state index in [4.69, 9.17) is 4.74 Å². The van der Waals surface area contributed by atoms with Gasteiger partial charge in [-0.3, -0.25) is 23.5 Å². The van der Waals surface area contributed by atoms with Gasteiger partial charge in [0.25, 0.3) is 5.56 Å². The Kier molecular flexibility index (Phi) is 9.42. The summed E-state index contributed by atoms with van der Waals surface area (Å²) in [6, 6.07) is 0. The van der Waals surface area contributed by atoms with Crippen LogP contribution in [0.3, 0.4) is 0 Å². The molecule has 1 N–H and O–H groups in total. The zero-order valence-electron chi connectivity index (χ0n) is 19.3. The summed E-state index contributed by atoms with van der Waals surface area (Å²) in [6.45, 7) is 8.63. The molecule has 2 rings (SSSR count). The third kappa shape index (κ3) is 6.18. The number of ether oxygens (including phenoxy) is 1. The van der Waals surface area contributed by atoms with Gasteiger partial charge in [-0.15, -0.1) is 0 Å². The second-order valence-corrected chi connectivity index (χ2v) is 8.55. The average molecular weight is 466 g/mol. The van der Waals surface area contributed by atoms with Gasteiger partial charge in [0.2, 0.25) is 5.91 Å². The lowest BCUT2D eigenvalue weighted by atomic mass is 10.2. The maximum Gasteiger partial charge on any atom is 0.332 e. The number of rotatable bonds is 11. The number of hydrogen-bond donors (Lipinski definition) is 1. The highest BCUT2D eigenvalue weighted by molar-refractivity contribution is 8.00. The molecule has 0 spiro atoms. The van der Waals surface area contributed by atoms with Crippen molar-refractivity contribution < 1.29 is 14.3 Å². The molecule has 0 aromatic carbocycles. The molecule has 0 atom stereocenters. The molecule has 0 saturated heterocycles. The van der Waals surface area contributed by atoms with Gasteiger partial charge in [-0.05, 0) is 19.8 Å². The molecule has 0 saturated carbocycles. The lowest BCUT2D eigenvalue weighted by Gasteiger charge is -2.15. The smallest absolute Gasteiger partial charge is 0.332 e. The highest BCUT2D eigenvalue weighted by Gasteiger charge is 2.20. The monoisotopic (exact) mass is 465 g/mol. The van der Waals surface area contributed by atoms with Crippen LogP contribution in [0.25, 0.3) is 11.0 Å². The molecule has 0 radical (unpaired) electrons. The predicted octanol–water partition coefficient (Wildman–Crippen LogP) is 1.58. The Hall–Kier alpha value is -2.69. The van der Waals surface area contributed by atoms with E-state index in [2.05, 4.69) is 15.3 Å². The van der Waals surface area contributed by atoms with Gasteiger partial charge in [0.05, 0.1) is 12.4 Å². The topological polar surface area (TPSA) is 125 Å². The molecule has 0 aliphatic carbocycles. The van der Waals surface area contributed by atoms with Gasteiger partial charge in [0, 0.05) is 32.5 Å². The minimum absolute atomic E-state index is 0.0234. The Bertz CT molecular complexity index is 1090. The van der Waals surface area contributed by atoms with Crippen LogP contribution in [-0.2, 0) is 27.9 Å². The van der Waals surface area contributed by atoms with Crippen molar-refractivity contribution in [1.82, 2.24) is 24.4 Å². The summed E-state index contributed by atoms with van der Waals surface area (Å²) in [7, 11) is 1.43. The van der Waals surface area contributed by atoms with Crippen LogP contribution in [-0.4, -0.2) is 49.9 Å². The van der Waals surface area contributed by atoms with Crippen molar-refractivity contribution in [3.63, 3.8) is 0 Å². The van der Waals surface area contributed by atoms with Crippen molar-refractivity contribution in [2.24, 2.45) is 7.05 Å². The number of esters is 1. The number of thioether (sulfide) groups is 1. The number of hydrogen-bond acceptors (Lipinski definition) is 8. The first-order valence-electron chi connectivity index (χ1n) is 10.8. The fraction of sp³-hybridized carbons (Fsp3) is 0.619. The lowest BCUT2D eigenvalue weighted by Crippen LogP contribution is -2.39. The van der Waals surface area contributed by atoms with E-state index in [0.29, 0.717) is 49.0 Å². The van der Waals surface area contributed by atoms with Crippen molar-refractivity contribution in [1.29, 1.82) is 0 Å². The molecule has 32 heavy (non-hydrogen) atoms. The summed E-state index contributed by atoms with van der Waals surface area (Å²) in [5.74, 6) is -0.00900. The molecule has 0 aliphatic rings. The fourth-order valence-corrected chi connectivity index (χ4v) is 3.87. The summed E-state index contributed by atoms with van der Waals surface area (Å²) >= 11 is 1.13. The van der Waals surface area contributed by atoms with E-state index in [1.165, 1.54) is 11.6 Å². The molecule has 0 aliphatic heterocycles. The summed E-state index contributed by atoms with van der Waals surface area (Å²) in [6.07, 6.45) is 1.42. The van der Waals surface area contributed by atoms with Crippen LogP contribution < -0.4 is 16.6 Å². The molecule has 1 amide bonds. The molecule has 2 heterocycles. The summed E-state index contributed by atoms with van der Waals surface area (Å²) in [4.78, 5) is 58.2. The molecule has 0 fully saturated rings. The Labute approximate surface area is 190 Å². The highest BCUT2D eigenvalue weighted by atomic mass is 32.2. The van der Waals surface area contributed by atoms with Crippen LogP contribution in [0.15, 0.2) is 14.6 Å². The van der Waals surface area contributed by atoms with Crippen LogP contribution in [0.5, 0.6) is 0 Å². The molecule has 10 nitrogen and oxygen atoms in total. The van der Waals surface area contributed by atoms with Crippen molar-refractivity contribution in [3.05, 3.63) is 26.7 Å². The second-order valence-electron chi connectivity index (χ2n) is 7.59. The summed E-state index contributed by atoms with van der Waals surface area (Å²) < 4.78 is 7.40. The highest BCUT2D eigenvalue weighted by Crippen LogP contribution is 2.24. The van der Waals surface area contributed by atoms with Crippen LogP contribution >= 0.6 is 11.8 Å². The SMILES string of the molecule is CCCn1c(=O)n(C)c(=O)c2c(SCC(=O)NCCCC(=O)OCC)nc(C(C)C)nc21.